The molecule has 0 aromatic heterocycles. The Morgan fingerprint density at radius 2 is 1.20 bits per heavy atom. The summed E-state index contributed by atoms with van der Waals surface area (Å²) in [6.45, 7) is 31.9. The molecule has 3 aromatic carbocycles. The number of likely N-dealkylation sites (tertiary alicyclic amines) is 2. The number of amides is 4. The Bertz CT molecular complexity index is 3380. The van der Waals surface area contributed by atoms with Crippen LogP contribution < -0.4 is 34.3 Å². The van der Waals surface area contributed by atoms with Crippen LogP contribution in [0.1, 0.15) is 157 Å². The summed E-state index contributed by atoms with van der Waals surface area (Å²) in [6.07, 6.45) is -3.52. The number of ketones is 1. The Morgan fingerprint density at radius 3 is 1.73 bits per heavy atom. The molecular formula is C72H102N4O22Si. The maximum atomic E-state index is 15.0. The molecule has 3 heterocycles. The Balaban J connectivity index is 1.24. The van der Waals surface area contributed by atoms with Crippen LogP contribution in [0.5, 0.6) is 28.7 Å². The largest absolute Gasteiger partial charge is 0.493 e. The highest BCUT2D eigenvalue weighted by molar-refractivity contribution is 6.74. The lowest BCUT2D eigenvalue weighted by molar-refractivity contribution is -0.261. The van der Waals surface area contributed by atoms with Crippen molar-refractivity contribution in [3.8, 4) is 28.7 Å². The van der Waals surface area contributed by atoms with Gasteiger partial charge in [-0.3, -0.25) is 34.6 Å². The van der Waals surface area contributed by atoms with Crippen molar-refractivity contribution in [2.24, 2.45) is 5.92 Å². The first-order valence-corrected chi connectivity index (χ1v) is 36.3. The van der Waals surface area contributed by atoms with Gasteiger partial charge in [0.1, 0.15) is 18.0 Å². The minimum Gasteiger partial charge on any atom is -0.493 e. The molecule has 3 aliphatic heterocycles. The zero-order valence-electron chi connectivity index (χ0n) is 60.4. The van der Waals surface area contributed by atoms with E-state index in [9.17, 15) is 33.6 Å². The molecule has 99 heavy (non-hydrogen) atoms. The normalized spacial score (nSPS) is 19.4. The van der Waals surface area contributed by atoms with Gasteiger partial charge in [0.15, 0.2) is 55.4 Å². The summed E-state index contributed by atoms with van der Waals surface area (Å²) in [5, 5.41) is 5.43. The zero-order chi connectivity index (χ0) is 73.1. The number of nitrogens with zero attached hydrogens (tertiary/aromatic N) is 2. The van der Waals surface area contributed by atoms with Gasteiger partial charge < -0.3 is 75.8 Å². The Labute approximate surface area is 582 Å². The maximum Gasteiger partial charge on any atom is 0.412 e. The van der Waals surface area contributed by atoms with Crippen LogP contribution >= 0.6 is 0 Å². The number of benzene rings is 3. The van der Waals surface area contributed by atoms with Crippen LogP contribution in [0.15, 0.2) is 66.8 Å². The van der Waals surface area contributed by atoms with Gasteiger partial charge in [0.25, 0.3) is 11.8 Å². The van der Waals surface area contributed by atoms with E-state index in [0.717, 1.165) is 38.5 Å². The summed E-state index contributed by atoms with van der Waals surface area (Å²) in [5.74, 6) is -3.50. The molecular weight excluding hydrogens is 1300 g/mol. The number of Topliss-reactive ketones (excluding diaryl/α,β-unsaturated/α-hetero) is 1. The fourth-order valence-electron chi connectivity index (χ4n) is 11.2. The van der Waals surface area contributed by atoms with Crippen molar-refractivity contribution in [2.75, 3.05) is 91.8 Å². The van der Waals surface area contributed by atoms with Crippen molar-refractivity contribution in [1.29, 1.82) is 0 Å². The molecule has 3 aromatic rings. The van der Waals surface area contributed by atoms with E-state index in [4.69, 9.17) is 66.0 Å². The SMILES string of the molecule is C=C1C[C@@H](CO[Si](C)(C)C(C)(C)C)N(C(=O)c2cc(OC)c(OCCCCCOc3cc(NC(=O)OC(C)(C)C)c(C(=O)N4CC(=C)C[C@H]4CC)cc3OC)cc2NC(=O)OCc2ccc(O[C@@H]3O[C@H](C(=O)OC)[C@@H](OC(C)=O)[C@H](OC(C)=O)[C@H]3C)c(C(=O)CCCOCCOC)c2)C1. The molecule has 4 amide bonds. The third-order valence-corrected chi connectivity index (χ3v) is 21.9. The number of methoxy groups -OCH3 is 4. The number of ether oxygens (including phenoxy) is 13. The second-order valence-electron chi connectivity index (χ2n) is 27.3. The second kappa shape index (κ2) is 36.2. The lowest BCUT2D eigenvalue weighted by atomic mass is 9.91. The van der Waals surface area contributed by atoms with E-state index in [0.29, 0.717) is 75.3 Å². The number of nitrogens with one attached hydrogen (secondary N) is 2. The van der Waals surface area contributed by atoms with Gasteiger partial charge in [-0.2, -0.15) is 0 Å². The first kappa shape index (κ1) is 79.7. The van der Waals surface area contributed by atoms with Gasteiger partial charge in [-0.15, -0.1) is 0 Å². The van der Waals surface area contributed by atoms with Gasteiger partial charge in [0.2, 0.25) is 6.29 Å². The minimum atomic E-state index is -2.27. The number of hydrogen-bond acceptors (Lipinski definition) is 22. The lowest BCUT2D eigenvalue weighted by Gasteiger charge is -2.42. The number of hydrogen-bond donors (Lipinski definition) is 2. The van der Waals surface area contributed by atoms with Crippen LogP contribution in [0, 0.1) is 5.92 Å². The van der Waals surface area contributed by atoms with Gasteiger partial charge in [-0.1, -0.05) is 65.0 Å². The van der Waals surface area contributed by atoms with E-state index in [2.05, 4.69) is 57.7 Å². The molecule has 546 valence electrons. The molecule has 0 spiro atoms. The van der Waals surface area contributed by atoms with Crippen molar-refractivity contribution >= 4 is 67.4 Å². The molecule has 26 nitrogen and oxygen atoms in total. The fraction of sp³-hybridized carbons (Fsp3) is 0.583. The molecule has 0 saturated carbocycles. The Morgan fingerprint density at radius 1 is 0.646 bits per heavy atom. The molecule has 0 bridgehead atoms. The summed E-state index contributed by atoms with van der Waals surface area (Å²) in [5.41, 5.74) is 1.84. The second-order valence-corrected chi connectivity index (χ2v) is 32.1. The van der Waals surface area contributed by atoms with Crippen LogP contribution in [-0.4, -0.2) is 189 Å². The highest BCUT2D eigenvalue weighted by Crippen LogP contribution is 2.41. The summed E-state index contributed by atoms with van der Waals surface area (Å²) in [4.78, 5) is 112. The summed E-state index contributed by atoms with van der Waals surface area (Å²) >= 11 is 0. The third-order valence-electron chi connectivity index (χ3n) is 17.4. The zero-order valence-corrected chi connectivity index (χ0v) is 61.4. The molecule has 27 heteroatoms. The molecule has 6 rings (SSSR count). The number of anilines is 2. The summed E-state index contributed by atoms with van der Waals surface area (Å²) in [7, 11) is 3.29. The fourth-order valence-corrected chi connectivity index (χ4v) is 12.2. The standard InChI is InChI=1S/C72H102N4O22Si/c1-19-49-32-43(2)39-75(49)65(80)52-36-59(87-15)61(38-55(52)74-70(84)98-71(7,8)9)91-29-22-20-21-28-90-60-37-54(51(35-58(60)86-14)66(81)76-40-44(3)33-50(76)42-93-99(17,18)72(10,11)12)73-69(83)92-41-48-25-26-57(53(34-48)56(79)24-23-27-89-31-30-85-13)96-68-45(4)62(94-46(5)77)63(95-47(6)78)64(97-68)67(82)88-16/h25-26,34-38,45,49-50,62-64,68H,2-3,19-24,27-33,39-42H2,1,4-18H3,(H,73,83)(H,74,84)/t45-,49-,50+,62-,63+,64+,68-/m1/s1. The molecule has 3 fully saturated rings. The van der Waals surface area contributed by atoms with E-state index < -0.39 is 92.8 Å². The Hall–Kier alpha value is -8.24. The number of unbranched alkanes of at least 4 members (excludes halogenated alkanes) is 2. The topological polar surface area (TPSA) is 296 Å². The molecule has 2 N–H and O–H groups in total. The molecule has 0 aliphatic carbocycles. The molecule has 3 aliphatic rings. The van der Waals surface area contributed by atoms with Crippen LogP contribution in [0.3, 0.4) is 0 Å². The van der Waals surface area contributed by atoms with Crippen molar-refractivity contribution in [3.05, 3.63) is 89.0 Å². The van der Waals surface area contributed by atoms with Gasteiger partial charge in [0.05, 0.1) is 94.4 Å². The average molecular weight is 1400 g/mol. The third kappa shape index (κ3) is 22.4. The van der Waals surface area contributed by atoms with Crippen LogP contribution in [0.4, 0.5) is 21.0 Å². The van der Waals surface area contributed by atoms with Gasteiger partial charge in [-0.25, -0.2) is 14.4 Å². The molecule has 7 atom stereocenters. The highest BCUT2D eigenvalue weighted by atomic mass is 28.4. The van der Waals surface area contributed by atoms with E-state index in [1.165, 1.54) is 38.5 Å². The lowest BCUT2D eigenvalue weighted by Crippen LogP contribution is -2.60. The molecule has 0 radical (unpaired) electrons. The van der Waals surface area contributed by atoms with Crippen molar-refractivity contribution in [1.82, 2.24) is 9.80 Å². The average Bonchev–Trinajstić information content (AvgIpc) is 1.32. The maximum absolute atomic E-state index is 15.0. The van der Waals surface area contributed by atoms with E-state index >= 15 is 4.79 Å². The van der Waals surface area contributed by atoms with E-state index in [1.807, 2.05) is 6.92 Å². The molecule has 3 saturated heterocycles. The van der Waals surface area contributed by atoms with Gasteiger partial charge >= 0.3 is 30.1 Å². The smallest absolute Gasteiger partial charge is 0.412 e. The number of carbonyl (C=O) groups is 8. The van der Waals surface area contributed by atoms with Crippen LogP contribution in [0.25, 0.3) is 0 Å². The summed E-state index contributed by atoms with van der Waals surface area (Å²) < 4.78 is 81.4. The van der Waals surface area contributed by atoms with E-state index in [1.54, 1.807) is 62.8 Å². The van der Waals surface area contributed by atoms with Crippen molar-refractivity contribution in [2.45, 2.75) is 188 Å². The number of esters is 3. The van der Waals surface area contributed by atoms with Gasteiger partial charge in [0, 0.05) is 65.2 Å². The summed E-state index contributed by atoms with van der Waals surface area (Å²) in [6, 6.07) is 10.2. The Kier molecular flexibility index (Phi) is 29.2. The van der Waals surface area contributed by atoms with E-state index in [-0.39, 0.29) is 108 Å². The van der Waals surface area contributed by atoms with Crippen molar-refractivity contribution < 1.29 is 104 Å². The number of carbonyl (C=O) groups excluding carboxylic acids is 8. The predicted molar refractivity (Wildman–Crippen MR) is 369 cm³/mol. The monoisotopic (exact) mass is 1400 g/mol. The van der Waals surface area contributed by atoms with Crippen molar-refractivity contribution in [3.63, 3.8) is 0 Å². The first-order valence-electron chi connectivity index (χ1n) is 33.4. The minimum absolute atomic E-state index is 0.00196. The number of rotatable bonds is 33. The highest BCUT2D eigenvalue weighted by Gasteiger charge is 2.53. The quantitative estimate of drug-likeness (QED) is 0.0143. The van der Waals surface area contributed by atoms with Gasteiger partial charge in [-0.05, 0) is 114 Å². The molecule has 0 unspecified atom stereocenters. The van der Waals surface area contributed by atoms with Crippen LogP contribution in [-0.2, 0) is 63.3 Å². The first-order chi connectivity index (χ1) is 46.7. The predicted octanol–water partition coefficient (Wildman–Crippen LogP) is 11.8. The van der Waals surface area contributed by atoms with Crippen LogP contribution in [0.2, 0.25) is 18.1 Å².